The lowest BCUT2D eigenvalue weighted by atomic mass is 10.2. The number of hydrogen-bond acceptors (Lipinski definition) is 3. The fourth-order valence-electron chi connectivity index (χ4n) is 2.83. The summed E-state index contributed by atoms with van der Waals surface area (Å²) in [6, 6.07) is 18.8. The molecule has 0 unspecified atom stereocenters. The van der Waals surface area contributed by atoms with Crippen molar-refractivity contribution in [2.75, 3.05) is 5.32 Å². The summed E-state index contributed by atoms with van der Waals surface area (Å²) in [5, 5.41) is 9.01. The predicted molar refractivity (Wildman–Crippen MR) is 97.0 cm³/mol. The summed E-state index contributed by atoms with van der Waals surface area (Å²) in [6.45, 7) is 4.37. The molecule has 5 nitrogen and oxygen atoms in total. The first-order valence-electron chi connectivity index (χ1n) is 8.05. The Morgan fingerprint density at radius 2 is 1.83 bits per heavy atom. The normalized spacial score (nSPS) is 11.3. The lowest BCUT2D eigenvalue weighted by Gasteiger charge is -2.10. The number of fused-ring (bicyclic) bond motifs is 1. The highest BCUT2D eigenvalue weighted by Gasteiger charge is 2.07. The van der Waals surface area contributed by atoms with E-state index in [4.69, 9.17) is 0 Å². The molecule has 0 aliphatic heterocycles. The number of nitrogens with one attached hydrogen (secondary N) is 1. The minimum atomic E-state index is 0.424. The molecule has 1 N–H and O–H groups in total. The van der Waals surface area contributed by atoms with Crippen LogP contribution in [0.4, 0.5) is 11.6 Å². The zero-order valence-corrected chi connectivity index (χ0v) is 13.7. The predicted octanol–water partition coefficient (Wildman–Crippen LogP) is 4.55. The second kappa shape index (κ2) is 5.85. The molecule has 0 aliphatic rings. The second-order valence-electron chi connectivity index (χ2n) is 6.06. The molecule has 4 rings (SSSR count). The summed E-state index contributed by atoms with van der Waals surface area (Å²) < 4.78 is 4.02. The molecule has 0 spiro atoms. The van der Waals surface area contributed by atoms with Gasteiger partial charge in [-0.1, -0.05) is 24.3 Å². The van der Waals surface area contributed by atoms with Crippen molar-refractivity contribution in [1.29, 1.82) is 0 Å². The summed E-state index contributed by atoms with van der Waals surface area (Å²) in [6.07, 6.45) is 3.84. The molecule has 0 atom stereocenters. The van der Waals surface area contributed by atoms with Crippen molar-refractivity contribution in [3.63, 3.8) is 0 Å². The number of rotatable bonds is 4. The molecule has 2 aromatic heterocycles. The molecule has 4 aromatic rings. The maximum atomic E-state index is 4.49. The Bertz CT molecular complexity index is 966. The quantitative estimate of drug-likeness (QED) is 0.601. The molecular formula is C19H19N5. The van der Waals surface area contributed by atoms with E-state index in [1.54, 1.807) is 11.0 Å². The van der Waals surface area contributed by atoms with E-state index < -0.39 is 0 Å². The van der Waals surface area contributed by atoms with Crippen LogP contribution in [0.25, 0.3) is 16.6 Å². The van der Waals surface area contributed by atoms with Crippen LogP contribution >= 0.6 is 0 Å². The Morgan fingerprint density at radius 3 is 2.62 bits per heavy atom. The van der Waals surface area contributed by atoms with Gasteiger partial charge in [-0.05, 0) is 49.6 Å². The molecule has 0 radical (unpaired) electrons. The van der Waals surface area contributed by atoms with Gasteiger partial charge in [-0.3, -0.25) is 0 Å². The van der Waals surface area contributed by atoms with Gasteiger partial charge in [0.2, 0.25) is 5.95 Å². The number of aromatic nitrogens is 4. The monoisotopic (exact) mass is 317 g/mol. The minimum absolute atomic E-state index is 0.424. The van der Waals surface area contributed by atoms with Crippen molar-refractivity contribution in [2.24, 2.45) is 0 Å². The van der Waals surface area contributed by atoms with E-state index in [1.165, 1.54) is 10.9 Å². The standard InChI is InChI=1S/C19H19N5/c1-14(2)23-11-10-15-8-9-16(12-18(15)23)21-19-20-13-24(22-19)17-6-4-3-5-7-17/h3-14H,1-2H3,(H,21,22). The summed E-state index contributed by atoms with van der Waals surface area (Å²) >= 11 is 0. The smallest absolute Gasteiger partial charge is 0.246 e. The maximum absolute atomic E-state index is 4.49. The molecular weight excluding hydrogens is 298 g/mol. The summed E-state index contributed by atoms with van der Waals surface area (Å²) in [7, 11) is 0. The average molecular weight is 317 g/mol. The molecule has 120 valence electrons. The van der Waals surface area contributed by atoms with Gasteiger partial charge in [-0.25, -0.2) is 4.68 Å². The SMILES string of the molecule is CC(C)n1ccc2ccc(Nc3ncn(-c4ccccc4)n3)cc21. The van der Waals surface area contributed by atoms with Crippen molar-refractivity contribution >= 4 is 22.5 Å². The van der Waals surface area contributed by atoms with Crippen LogP contribution in [0.2, 0.25) is 0 Å². The highest BCUT2D eigenvalue weighted by molar-refractivity contribution is 5.84. The number of nitrogens with zero attached hydrogens (tertiary/aromatic N) is 4. The number of hydrogen-bond donors (Lipinski definition) is 1. The average Bonchev–Trinajstić information content (AvgIpc) is 3.22. The van der Waals surface area contributed by atoms with Gasteiger partial charge >= 0.3 is 0 Å². The molecule has 0 saturated heterocycles. The van der Waals surface area contributed by atoms with Crippen LogP contribution in [0, 0.1) is 0 Å². The van der Waals surface area contributed by atoms with Crippen LogP contribution in [-0.4, -0.2) is 19.3 Å². The fourth-order valence-corrected chi connectivity index (χ4v) is 2.83. The fraction of sp³-hybridized carbons (Fsp3) is 0.158. The Morgan fingerprint density at radius 1 is 1.00 bits per heavy atom. The molecule has 2 heterocycles. The number of benzene rings is 2. The molecule has 0 fully saturated rings. The first kappa shape index (κ1) is 14.5. The Labute approximate surface area is 140 Å². The van der Waals surface area contributed by atoms with Crippen LogP contribution in [0.1, 0.15) is 19.9 Å². The van der Waals surface area contributed by atoms with Crippen molar-refractivity contribution in [3.8, 4) is 5.69 Å². The van der Waals surface area contributed by atoms with Gasteiger partial charge in [-0.15, -0.1) is 5.10 Å². The van der Waals surface area contributed by atoms with E-state index in [-0.39, 0.29) is 0 Å². The largest absolute Gasteiger partial charge is 0.345 e. The molecule has 5 heteroatoms. The van der Waals surface area contributed by atoms with Crippen LogP contribution in [0.15, 0.2) is 67.1 Å². The van der Waals surface area contributed by atoms with Crippen molar-refractivity contribution in [3.05, 3.63) is 67.1 Å². The zero-order chi connectivity index (χ0) is 16.5. The third-order valence-electron chi connectivity index (χ3n) is 4.05. The first-order valence-corrected chi connectivity index (χ1v) is 8.05. The summed E-state index contributed by atoms with van der Waals surface area (Å²) in [4.78, 5) is 4.35. The summed E-state index contributed by atoms with van der Waals surface area (Å²) in [5.41, 5.74) is 3.17. The highest BCUT2D eigenvalue weighted by Crippen LogP contribution is 2.24. The van der Waals surface area contributed by atoms with Gasteiger partial charge in [-0.2, -0.15) is 4.98 Å². The third-order valence-corrected chi connectivity index (χ3v) is 4.05. The third kappa shape index (κ3) is 2.65. The van der Waals surface area contributed by atoms with Crippen molar-refractivity contribution in [2.45, 2.75) is 19.9 Å². The lowest BCUT2D eigenvalue weighted by molar-refractivity contribution is 0.623. The van der Waals surface area contributed by atoms with Crippen LogP contribution in [-0.2, 0) is 0 Å². The van der Waals surface area contributed by atoms with Gasteiger partial charge in [0.25, 0.3) is 0 Å². The Kier molecular flexibility index (Phi) is 3.54. The van der Waals surface area contributed by atoms with Crippen molar-refractivity contribution in [1.82, 2.24) is 19.3 Å². The van der Waals surface area contributed by atoms with Crippen LogP contribution in [0.5, 0.6) is 0 Å². The lowest BCUT2D eigenvalue weighted by Crippen LogP contribution is -1.99. The first-order chi connectivity index (χ1) is 11.7. The van der Waals surface area contributed by atoms with E-state index in [9.17, 15) is 0 Å². The molecule has 0 aliphatic carbocycles. The van der Waals surface area contributed by atoms with Gasteiger partial charge in [0.15, 0.2) is 0 Å². The van der Waals surface area contributed by atoms with E-state index in [0.29, 0.717) is 12.0 Å². The van der Waals surface area contributed by atoms with Gasteiger partial charge < -0.3 is 9.88 Å². The van der Waals surface area contributed by atoms with Crippen LogP contribution in [0.3, 0.4) is 0 Å². The van der Waals surface area contributed by atoms with Crippen LogP contribution < -0.4 is 5.32 Å². The van der Waals surface area contributed by atoms with E-state index in [1.807, 2.05) is 30.3 Å². The second-order valence-corrected chi connectivity index (χ2v) is 6.06. The molecule has 24 heavy (non-hydrogen) atoms. The maximum Gasteiger partial charge on any atom is 0.246 e. The Balaban J connectivity index is 1.63. The number of para-hydroxylation sites is 1. The summed E-state index contributed by atoms with van der Waals surface area (Å²) in [5.74, 6) is 0.584. The minimum Gasteiger partial charge on any atom is -0.345 e. The highest BCUT2D eigenvalue weighted by atomic mass is 15.4. The molecule has 2 aromatic carbocycles. The Hall–Kier alpha value is -3.08. The van der Waals surface area contributed by atoms with Gasteiger partial charge in [0.1, 0.15) is 6.33 Å². The zero-order valence-electron chi connectivity index (χ0n) is 13.7. The van der Waals surface area contributed by atoms with Crippen molar-refractivity contribution < 1.29 is 0 Å². The van der Waals surface area contributed by atoms with E-state index in [0.717, 1.165) is 11.4 Å². The molecule has 0 amide bonds. The van der Waals surface area contributed by atoms with Gasteiger partial charge in [0, 0.05) is 17.9 Å². The molecule has 0 saturated carbocycles. The topological polar surface area (TPSA) is 47.7 Å². The van der Waals surface area contributed by atoms with E-state index in [2.05, 4.69) is 64.3 Å². The van der Waals surface area contributed by atoms with Gasteiger partial charge in [0.05, 0.1) is 11.2 Å². The van der Waals surface area contributed by atoms with E-state index >= 15 is 0 Å². The molecule has 0 bridgehead atoms. The number of anilines is 2.